The molecule has 1 aliphatic rings. The molecule has 0 radical (unpaired) electrons. The van der Waals surface area contributed by atoms with E-state index in [4.69, 9.17) is 5.73 Å². The van der Waals surface area contributed by atoms with Gasteiger partial charge in [0.15, 0.2) is 0 Å². The third-order valence-electron chi connectivity index (χ3n) is 3.62. The number of nitrogens with one attached hydrogen (secondary N) is 1. The minimum absolute atomic E-state index is 0.114. The van der Waals surface area contributed by atoms with Gasteiger partial charge in [-0.25, -0.2) is 0 Å². The number of benzene rings is 1. The van der Waals surface area contributed by atoms with E-state index in [1.807, 2.05) is 0 Å². The standard InChI is InChI=1S/C15H22N2O/c1-3-5-13(16)12-8-10(4-2)15-11(9-12)6-7-14(18)17-15/h8-9,13H,3-7,16H2,1-2H3,(H,17,18). The highest BCUT2D eigenvalue weighted by Gasteiger charge is 2.19. The first-order chi connectivity index (χ1) is 8.65. The van der Waals surface area contributed by atoms with Crippen molar-refractivity contribution >= 4 is 11.6 Å². The lowest BCUT2D eigenvalue weighted by Gasteiger charge is -2.23. The quantitative estimate of drug-likeness (QED) is 0.858. The zero-order chi connectivity index (χ0) is 13.1. The molecule has 1 atom stereocenters. The van der Waals surface area contributed by atoms with Gasteiger partial charge in [0.25, 0.3) is 0 Å². The fraction of sp³-hybridized carbons (Fsp3) is 0.533. The van der Waals surface area contributed by atoms with Gasteiger partial charge in [0.2, 0.25) is 5.91 Å². The Morgan fingerprint density at radius 2 is 2.11 bits per heavy atom. The first kappa shape index (κ1) is 13.1. The van der Waals surface area contributed by atoms with Crippen molar-refractivity contribution in [3.63, 3.8) is 0 Å². The molecule has 1 aliphatic heterocycles. The minimum atomic E-state index is 0.114. The predicted molar refractivity (Wildman–Crippen MR) is 74.6 cm³/mol. The van der Waals surface area contributed by atoms with E-state index in [9.17, 15) is 4.79 Å². The van der Waals surface area contributed by atoms with Crippen LogP contribution in [0.4, 0.5) is 5.69 Å². The van der Waals surface area contributed by atoms with Gasteiger partial charge in [0.1, 0.15) is 0 Å². The highest BCUT2D eigenvalue weighted by Crippen LogP contribution is 2.31. The Morgan fingerprint density at radius 3 is 2.78 bits per heavy atom. The van der Waals surface area contributed by atoms with Crippen LogP contribution in [0.5, 0.6) is 0 Å². The van der Waals surface area contributed by atoms with Crippen molar-refractivity contribution < 1.29 is 4.79 Å². The minimum Gasteiger partial charge on any atom is -0.326 e. The van der Waals surface area contributed by atoms with Crippen LogP contribution >= 0.6 is 0 Å². The number of anilines is 1. The predicted octanol–water partition coefficient (Wildman–Crippen LogP) is 2.93. The number of hydrogen-bond donors (Lipinski definition) is 2. The molecular weight excluding hydrogens is 224 g/mol. The molecule has 98 valence electrons. The lowest BCUT2D eigenvalue weighted by Crippen LogP contribution is -2.21. The van der Waals surface area contributed by atoms with Crippen molar-refractivity contribution in [1.29, 1.82) is 0 Å². The van der Waals surface area contributed by atoms with E-state index < -0.39 is 0 Å². The molecule has 1 heterocycles. The Morgan fingerprint density at radius 1 is 1.33 bits per heavy atom. The maximum Gasteiger partial charge on any atom is 0.224 e. The zero-order valence-corrected chi connectivity index (χ0v) is 11.3. The highest BCUT2D eigenvalue weighted by molar-refractivity contribution is 5.94. The Bertz CT molecular complexity index is 437. The van der Waals surface area contributed by atoms with E-state index >= 15 is 0 Å². The number of hydrogen-bond acceptors (Lipinski definition) is 2. The van der Waals surface area contributed by atoms with E-state index in [1.165, 1.54) is 16.7 Å². The van der Waals surface area contributed by atoms with Crippen molar-refractivity contribution in [3.05, 3.63) is 28.8 Å². The van der Waals surface area contributed by atoms with Gasteiger partial charge in [-0.2, -0.15) is 0 Å². The van der Waals surface area contributed by atoms with E-state index in [-0.39, 0.29) is 11.9 Å². The number of amides is 1. The second kappa shape index (κ2) is 5.53. The lowest BCUT2D eigenvalue weighted by molar-refractivity contribution is -0.116. The summed E-state index contributed by atoms with van der Waals surface area (Å²) < 4.78 is 0. The van der Waals surface area contributed by atoms with Gasteiger partial charge in [0.05, 0.1) is 0 Å². The molecule has 3 heteroatoms. The number of aryl methyl sites for hydroxylation is 2. The molecule has 1 aromatic rings. The molecule has 1 amide bonds. The maximum absolute atomic E-state index is 11.5. The van der Waals surface area contributed by atoms with Crippen LogP contribution in [-0.4, -0.2) is 5.91 Å². The molecule has 0 fully saturated rings. The van der Waals surface area contributed by atoms with Gasteiger partial charge in [-0.1, -0.05) is 32.4 Å². The van der Waals surface area contributed by atoms with Gasteiger partial charge < -0.3 is 11.1 Å². The van der Waals surface area contributed by atoms with E-state index in [0.717, 1.165) is 31.4 Å². The molecule has 2 rings (SSSR count). The Kier molecular flexibility index (Phi) is 4.02. The third kappa shape index (κ3) is 2.56. The fourth-order valence-corrected chi connectivity index (χ4v) is 2.57. The topological polar surface area (TPSA) is 55.1 Å². The Hall–Kier alpha value is -1.35. The summed E-state index contributed by atoms with van der Waals surface area (Å²) in [6.45, 7) is 4.27. The fourth-order valence-electron chi connectivity index (χ4n) is 2.57. The number of carbonyl (C=O) groups is 1. The summed E-state index contributed by atoms with van der Waals surface area (Å²) in [4.78, 5) is 11.5. The SMILES string of the molecule is CCCC(N)c1cc(CC)c2c(c1)CCC(=O)N2. The van der Waals surface area contributed by atoms with Crippen LogP contribution < -0.4 is 11.1 Å². The lowest BCUT2D eigenvalue weighted by atomic mass is 9.91. The van der Waals surface area contributed by atoms with Gasteiger partial charge >= 0.3 is 0 Å². The Labute approximate surface area is 109 Å². The monoisotopic (exact) mass is 246 g/mol. The van der Waals surface area contributed by atoms with Crippen LogP contribution in [0.1, 0.15) is 55.8 Å². The van der Waals surface area contributed by atoms with Crippen LogP contribution in [0.15, 0.2) is 12.1 Å². The molecule has 1 unspecified atom stereocenters. The highest BCUT2D eigenvalue weighted by atomic mass is 16.1. The second-order valence-electron chi connectivity index (χ2n) is 5.01. The van der Waals surface area contributed by atoms with Crippen molar-refractivity contribution in [2.75, 3.05) is 5.32 Å². The molecule has 3 nitrogen and oxygen atoms in total. The normalized spacial score (nSPS) is 16.1. The van der Waals surface area contributed by atoms with Crippen molar-refractivity contribution in [3.8, 4) is 0 Å². The maximum atomic E-state index is 11.5. The molecule has 3 N–H and O–H groups in total. The molecule has 0 bridgehead atoms. The van der Waals surface area contributed by atoms with Gasteiger partial charge in [0, 0.05) is 18.2 Å². The summed E-state index contributed by atoms with van der Waals surface area (Å²) in [6.07, 6.45) is 4.45. The van der Waals surface area contributed by atoms with Crippen molar-refractivity contribution in [2.24, 2.45) is 5.73 Å². The van der Waals surface area contributed by atoms with E-state index in [2.05, 4.69) is 31.3 Å². The zero-order valence-electron chi connectivity index (χ0n) is 11.3. The van der Waals surface area contributed by atoms with Gasteiger partial charge in [-0.15, -0.1) is 0 Å². The molecular formula is C15H22N2O. The molecule has 18 heavy (non-hydrogen) atoms. The van der Waals surface area contributed by atoms with Gasteiger partial charge in [-0.05, 0) is 36.0 Å². The summed E-state index contributed by atoms with van der Waals surface area (Å²) in [7, 11) is 0. The second-order valence-corrected chi connectivity index (χ2v) is 5.01. The molecule has 0 saturated heterocycles. The summed E-state index contributed by atoms with van der Waals surface area (Å²) in [5.74, 6) is 0.128. The van der Waals surface area contributed by atoms with Crippen LogP contribution in [0.25, 0.3) is 0 Å². The molecule has 0 spiro atoms. The van der Waals surface area contributed by atoms with E-state index in [1.54, 1.807) is 0 Å². The summed E-state index contributed by atoms with van der Waals surface area (Å²) >= 11 is 0. The van der Waals surface area contributed by atoms with Crippen LogP contribution in [0.2, 0.25) is 0 Å². The molecule has 1 aromatic carbocycles. The molecule has 0 aliphatic carbocycles. The third-order valence-corrected chi connectivity index (χ3v) is 3.62. The smallest absolute Gasteiger partial charge is 0.224 e. The number of nitrogens with two attached hydrogens (primary N) is 1. The number of fused-ring (bicyclic) bond motifs is 1. The molecule has 0 saturated carbocycles. The number of rotatable bonds is 4. The van der Waals surface area contributed by atoms with Crippen LogP contribution in [0.3, 0.4) is 0 Å². The largest absolute Gasteiger partial charge is 0.326 e. The van der Waals surface area contributed by atoms with Crippen LogP contribution in [-0.2, 0) is 17.6 Å². The first-order valence-corrected chi connectivity index (χ1v) is 6.86. The average Bonchev–Trinajstić information content (AvgIpc) is 2.37. The van der Waals surface area contributed by atoms with Crippen molar-refractivity contribution in [2.45, 2.75) is 52.0 Å². The average molecular weight is 246 g/mol. The van der Waals surface area contributed by atoms with Crippen LogP contribution in [0, 0.1) is 0 Å². The summed E-state index contributed by atoms with van der Waals surface area (Å²) in [6, 6.07) is 4.45. The van der Waals surface area contributed by atoms with Gasteiger partial charge in [-0.3, -0.25) is 4.79 Å². The first-order valence-electron chi connectivity index (χ1n) is 6.86. The number of carbonyl (C=O) groups excluding carboxylic acids is 1. The van der Waals surface area contributed by atoms with Crippen molar-refractivity contribution in [1.82, 2.24) is 0 Å². The molecule has 0 aromatic heterocycles. The Balaban J connectivity index is 2.38. The van der Waals surface area contributed by atoms with E-state index in [0.29, 0.717) is 6.42 Å². The summed E-state index contributed by atoms with van der Waals surface area (Å²) in [5.41, 5.74) is 10.9. The summed E-state index contributed by atoms with van der Waals surface area (Å²) in [5, 5.41) is 3.00.